The summed E-state index contributed by atoms with van der Waals surface area (Å²) in [6, 6.07) is 0.170. The first-order chi connectivity index (χ1) is 8.72. The number of carbonyl (C=O) groups excluding carboxylic acids is 1. The van der Waals surface area contributed by atoms with Gasteiger partial charge in [0, 0.05) is 12.6 Å². The van der Waals surface area contributed by atoms with Crippen LogP contribution in [0.15, 0.2) is 12.4 Å². The maximum atomic E-state index is 11.8. The fourth-order valence-corrected chi connectivity index (χ4v) is 1.83. The molecule has 1 aliphatic carbocycles. The van der Waals surface area contributed by atoms with Gasteiger partial charge in [-0.2, -0.15) is 0 Å². The molecule has 1 heterocycles. The molecular weight excluding hydrogens is 234 g/mol. The zero-order chi connectivity index (χ0) is 13.0. The Kier molecular flexibility index (Phi) is 4.06. The third-order valence-corrected chi connectivity index (χ3v) is 2.86. The molecule has 0 bridgehead atoms. The first kappa shape index (κ1) is 12.7. The molecule has 1 aromatic rings. The largest absolute Gasteiger partial charge is 0.378 e. The van der Waals surface area contributed by atoms with E-state index in [2.05, 4.69) is 20.7 Å². The summed E-state index contributed by atoms with van der Waals surface area (Å²) in [5.74, 6) is 5.37. The minimum atomic E-state index is -0.217. The Bertz CT molecular complexity index is 402. The van der Waals surface area contributed by atoms with E-state index in [1.165, 1.54) is 12.4 Å². The lowest BCUT2D eigenvalue weighted by Crippen LogP contribution is -2.48. The molecule has 98 valence electrons. The molecule has 1 fully saturated rings. The molecule has 1 aromatic heterocycles. The number of aromatic nitrogens is 2. The minimum Gasteiger partial charge on any atom is -0.378 e. The number of hydrogen-bond acceptors (Lipinski definition) is 6. The molecule has 0 spiro atoms. The third-order valence-electron chi connectivity index (χ3n) is 2.86. The number of nitrogens with one attached hydrogen (secondary N) is 2. The number of nitrogens with zero attached hydrogens (tertiary/aromatic N) is 2. The van der Waals surface area contributed by atoms with Crippen LogP contribution in [0.3, 0.4) is 0 Å². The normalized spacial score (nSPS) is 22.1. The minimum absolute atomic E-state index is 0.170. The number of nitrogen functional groups attached to an aromatic ring is 1. The maximum absolute atomic E-state index is 11.8. The summed E-state index contributed by atoms with van der Waals surface area (Å²) in [7, 11) is 0. The van der Waals surface area contributed by atoms with Crippen LogP contribution in [0.5, 0.6) is 0 Å². The van der Waals surface area contributed by atoms with Gasteiger partial charge in [-0.05, 0) is 19.8 Å². The van der Waals surface area contributed by atoms with Gasteiger partial charge in [0.1, 0.15) is 5.69 Å². The Hall–Kier alpha value is -1.73. The van der Waals surface area contributed by atoms with Crippen LogP contribution in [0.1, 0.15) is 30.3 Å². The van der Waals surface area contributed by atoms with Crippen LogP contribution < -0.4 is 16.6 Å². The van der Waals surface area contributed by atoms with Gasteiger partial charge in [-0.15, -0.1) is 0 Å². The highest BCUT2D eigenvalue weighted by molar-refractivity contribution is 5.92. The first-order valence-electron chi connectivity index (χ1n) is 5.94. The van der Waals surface area contributed by atoms with Crippen molar-refractivity contribution in [1.29, 1.82) is 0 Å². The quantitative estimate of drug-likeness (QED) is 0.505. The summed E-state index contributed by atoms with van der Waals surface area (Å²) in [4.78, 5) is 19.7. The van der Waals surface area contributed by atoms with Gasteiger partial charge in [-0.1, -0.05) is 0 Å². The van der Waals surface area contributed by atoms with Crippen molar-refractivity contribution in [2.75, 3.05) is 12.0 Å². The molecule has 1 aliphatic rings. The second kappa shape index (κ2) is 5.74. The third kappa shape index (κ3) is 2.93. The number of ether oxygens (including phenoxy) is 1. The SMILES string of the molecule is CCOC1CC(NC(=O)c2cnc(NN)cn2)C1. The van der Waals surface area contributed by atoms with Gasteiger partial charge in [0.2, 0.25) is 0 Å². The molecule has 0 unspecified atom stereocenters. The van der Waals surface area contributed by atoms with E-state index in [0.717, 1.165) is 12.8 Å². The standard InChI is InChI=1S/C11H17N5O2/c1-2-18-8-3-7(4-8)15-11(17)9-5-14-10(16-12)6-13-9/h5-8H,2-4,12H2,1H3,(H,14,16)(H,15,17). The number of hydrazine groups is 1. The monoisotopic (exact) mass is 251 g/mol. The Balaban J connectivity index is 1.81. The van der Waals surface area contributed by atoms with Crippen molar-refractivity contribution in [2.24, 2.45) is 5.84 Å². The van der Waals surface area contributed by atoms with Gasteiger partial charge in [-0.25, -0.2) is 15.8 Å². The predicted molar refractivity (Wildman–Crippen MR) is 65.7 cm³/mol. The predicted octanol–water partition coefficient (Wildman–Crippen LogP) is 0.0595. The Morgan fingerprint density at radius 2 is 2.28 bits per heavy atom. The van der Waals surface area contributed by atoms with E-state index in [1.807, 2.05) is 6.92 Å². The number of amides is 1. The van der Waals surface area contributed by atoms with Crippen LogP contribution in [0.4, 0.5) is 5.82 Å². The number of rotatable bonds is 5. The van der Waals surface area contributed by atoms with Gasteiger partial charge >= 0.3 is 0 Å². The molecule has 7 nitrogen and oxygen atoms in total. The van der Waals surface area contributed by atoms with E-state index < -0.39 is 0 Å². The van der Waals surface area contributed by atoms with Crippen molar-refractivity contribution in [3.8, 4) is 0 Å². The van der Waals surface area contributed by atoms with Crippen molar-refractivity contribution in [3.05, 3.63) is 18.1 Å². The Labute approximate surface area is 105 Å². The zero-order valence-electron chi connectivity index (χ0n) is 10.2. The van der Waals surface area contributed by atoms with Crippen molar-refractivity contribution in [1.82, 2.24) is 15.3 Å². The lowest BCUT2D eigenvalue weighted by molar-refractivity contribution is -0.00867. The average Bonchev–Trinajstić information content (AvgIpc) is 2.36. The van der Waals surface area contributed by atoms with Crippen LogP contribution in [-0.2, 0) is 4.74 Å². The van der Waals surface area contributed by atoms with Crippen molar-refractivity contribution >= 4 is 11.7 Å². The van der Waals surface area contributed by atoms with Gasteiger partial charge < -0.3 is 15.5 Å². The summed E-state index contributed by atoms with van der Waals surface area (Å²) >= 11 is 0. The van der Waals surface area contributed by atoms with Gasteiger partial charge in [0.05, 0.1) is 18.5 Å². The highest BCUT2D eigenvalue weighted by Gasteiger charge is 2.31. The Morgan fingerprint density at radius 1 is 1.50 bits per heavy atom. The smallest absolute Gasteiger partial charge is 0.271 e. The molecule has 2 rings (SSSR count). The number of carbonyl (C=O) groups is 1. The maximum Gasteiger partial charge on any atom is 0.271 e. The van der Waals surface area contributed by atoms with Crippen LogP contribution in [0, 0.1) is 0 Å². The summed E-state index contributed by atoms with van der Waals surface area (Å²) in [5, 5.41) is 2.89. The number of nitrogens with two attached hydrogens (primary N) is 1. The van der Waals surface area contributed by atoms with E-state index in [1.54, 1.807) is 0 Å². The van der Waals surface area contributed by atoms with E-state index in [4.69, 9.17) is 10.6 Å². The number of anilines is 1. The summed E-state index contributed by atoms with van der Waals surface area (Å²) in [6.07, 6.45) is 4.79. The molecule has 7 heteroatoms. The molecular formula is C11H17N5O2. The molecule has 1 amide bonds. The van der Waals surface area contributed by atoms with Crippen molar-refractivity contribution in [2.45, 2.75) is 31.9 Å². The summed E-state index contributed by atoms with van der Waals surface area (Å²) in [6.45, 7) is 2.68. The fourth-order valence-electron chi connectivity index (χ4n) is 1.83. The van der Waals surface area contributed by atoms with Crippen LogP contribution in [0.25, 0.3) is 0 Å². The lowest BCUT2D eigenvalue weighted by Gasteiger charge is -2.35. The van der Waals surface area contributed by atoms with E-state index in [0.29, 0.717) is 12.4 Å². The second-order valence-corrected chi connectivity index (χ2v) is 4.15. The molecule has 1 saturated carbocycles. The van der Waals surface area contributed by atoms with Gasteiger partial charge in [0.25, 0.3) is 5.91 Å². The summed E-state index contributed by atoms with van der Waals surface area (Å²) in [5.41, 5.74) is 2.64. The zero-order valence-corrected chi connectivity index (χ0v) is 10.2. The molecule has 18 heavy (non-hydrogen) atoms. The lowest BCUT2D eigenvalue weighted by atomic mass is 9.89. The molecule has 0 saturated heterocycles. The first-order valence-corrected chi connectivity index (χ1v) is 5.94. The highest BCUT2D eigenvalue weighted by atomic mass is 16.5. The van der Waals surface area contributed by atoms with Crippen LogP contribution in [0.2, 0.25) is 0 Å². The molecule has 0 aliphatic heterocycles. The van der Waals surface area contributed by atoms with Gasteiger partial charge in [-0.3, -0.25) is 4.79 Å². The second-order valence-electron chi connectivity index (χ2n) is 4.15. The molecule has 4 N–H and O–H groups in total. The average molecular weight is 251 g/mol. The van der Waals surface area contributed by atoms with E-state index >= 15 is 0 Å². The molecule has 0 radical (unpaired) electrons. The van der Waals surface area contributed by atoms with Crippen molar-refractivity contribution < 1.29 is 9.53 Å². The molecule has 0 aromatic carbocycles. The van der Waals surface area contributed by atoms with Crippen molar-refractivity contribution in [3.63, 3.8) is 0 Å². The van der Waals surface area contributed by atoms with E-state index in [-0.39, 0.29) is 23.7 Å². The summed E-state index contributed by atoms with van der Waals surface area (Å²) < 4.78 is 5.42. The Morgan fingerprint density at radius 3 is 2.83 bits per heavy atom. The topological polar surface area (TPSA) is 102 Å². The van der Waals surface area contributed by atoms with Gasteiger partial charge in [0.15, 0.2) is 5.82 Å². The fraction of sp³-hybridized carbons (Fsp3) is 0.545. The van der Waals surface area contributed by atoms with Crippen LogP contribution >= 0.6 is 0 Å². The van der Waals surface area contributed by atoms with Crippen LogP contribution in [-0.4, -0.2) is 34.6 Å². The highest BCUT2D eigenvalue weighted by Crippen LogP contribution is 2.23. The van der Waals surface area contributed by atoms with E-state index in [9.17, 15) is 4.79 Å². The molecule has 0 atom stereocenters. The number of hydrogen-bond donors (Lipinski definition) is 3.